The standard InChI is InChI=1S/C19H22N2O4/c22-17(20-14-9-7-13(8-10-14)19(24)25)15-5-1-2-6-16(15)18(23)21-11-3-4-12-21/h1-2,7-10,15-16H,3-6,11-12H2,(H,20,22)(H,24,25). The van der Waals surface area contributed by atoms with Crippen molar-refractivity contribution < 1.29 is 19.5 Å². The van der Waals surface area contributed by atoms with Crippen molar-refractivity contribution in [2.45, 2.75) is 25.7 Å². The number of allylic oxidation sites excluding steroid dienone is 2. The van der Waals surface area contributed by atoms with Gasteiger partial charge in [-0.1, -0.05) is 12.2 Å². The number of carboxylic acids is 1. The number of benzene rings is 1. The minimum atomic E-state index is -1.01. The first kappa shape index (κ1) is 17.2. The number of carboxylic acid groups (broad SMARTS) is 1. The van der Waals surface area contributed by atoms with E-state index < -0.39 is 11.9 Å². The minimum Gasteiger partial charge on any atom is -0.478 e. The zero-order valence-electron chi connectivity index (χ0n) is 14.0. The van der Waals surface area contributed by atoms with Gasteiger partial charge >= 0.3 is 5.97 Å². The molecule has 6 heteroatoms. The lowest BCUT2D eigenvalue weighted by Gasteiger charge is -2.30. The molecule has 2 unspecified atom stereocenters. The summed E-state index contributed by atoms with van der Waals surface area (Å²) in [5, 5.41) is 11.7. The summed E-state index contributed by atoms with van der Waals surface area (Å²) in [6.45, 7) is 1.56. The molecule has 0 spiro atoms. The molecule has 2 aliphatic rings. The number of rotatable bonds is 4. The molecule has 0 aromatic heterocycles. The molecule has 132 valence electrons. The van der Waals surface area contributed by atoms with Gasteiger partial charge in [-0.25, -0.2) is 4.79 Å². The highest BCUT2D eigenvalue weighted by atomic mass is 16.4. The van der Waals surface area contributed by atoms with Gasteiger partial charge in [-0.05, 0) is 49.9 Å². The average molecular weight is 342 g/mol. The maximum atomic E-state index is 12.7. The molecule has 1 aliphatic heterocycles. The van der Waals surface area contributed by atoms with Crippen molar-refractivity contribution in [3.8, 4) is 0 Å². The third kappa shape index (κ3) is 3.90. The van der Waals surface area contributed by atoms with Crippen LogP contribution in [-0.4, -0.2) is 40.9 Å². The topological polar surface area (TPSA) is 86.7 Å². The molecule has 0 radical (unpaired) electrons. The number of nitrogens with one attached hydrogen (secondary N) is 1. The van der Waals surface area contributed by atoms with Gasteiger partial charge in [-0.3, -0.25) is 9.59 Å². The van der Waals surface area contributed by atoms with Gasteiger partial charge in [0.2, 0.25) is 11.8 Å². The molecule has 6 nitrogen and oxygen atoms in total. The van der Waals surface area contributed by atoms with Gasteiger partial charge in [0, 0.05) is 18.8 Å². The third-order valence-corrected chi connectivity index (χ3v) is 4.90. The van der Waals surface area contributed by atoms with Crippen molar-refractivity contribution >= 4 is 23.5 Å². The van der Waals surface area contributed by atoms with Crippen molar-refractivity contribution in [2.24, 2.45) is 11.8 Å². The molecule has 25 heavy (non-hydrogen) atoms. The van der Waals surface area contributed by atoms with Crippen molar-refractivity contribution in [3.05, 3.63) is 42.0 Å². The first-order chi connectivity index (χ1) is 12.1. The Kier molecular flexibility index (Phi) is 5.16. The Labute approximate surface area is 146 Å². The summed E-state index contributed by atoms with van der Waals surface area (Å²) >= 11 is 0. The Bertz CT molecular complexity index is 690. The maximum Gasteiger partial charge on any atom is 0.335 e. The molecule has 0 bridgehead atoms. The Morgan fingerprint density at radius 3 is 2.16 bits per heavy atom. The zero-order valence-corrected chi connectivity index (χ0v) is 14.0. The first-order valence-electron chi connectivity index (χ1n) is 8.64. The van der Waals surface area contributed by atoms with E-state index in [4.69, 9.17) is 5.11 Å². The van der Waals surface area contributed by atoms with Crippen LogP contribution >= 0.6 is 0 Å². The number of likely N-dealkylation sites (tertiary alicyclic amines) is 1. The van der Waals surface area contributed by atoms with E-state index in [-0.39, 0.29) is 23.3 Å². The smallest absolute Gasteiger partial charge is 0.335 e. The summed E-state index contributed by atoms with van der Waals surface area (Å²) in [4.78, 5) is 38.2. The number of amides is 2. The van der Waals surface area contributed by atoms with E-state index in [9.17, 15) is 14.4 Å². The fourth-order valence-electron chi connectivity index (χ4n) is 3.48. The summed E-state index contributed by atoms with van der Waals surface area (Å²) < 4.78 is 0. The molecule has 1 aliphatic carbocycles. The Balaban J connectivity index is 1.69. The summed E-state index contributed by atoms with van der Waals surface area (Å²) in [6.07, 6.45) is 7.12. The van der Waals surface area contributed by atoms with Crippen LogP contribution < -0.4 is 5.32 Å². The lowest BCUT2D eigenvalue weighted by molar-refractivity contribution is -0.139. The third-order valence-electron chi connectivity index (χ3n) is 4.90. The van der Waals surface area contributed by atoms with Gasteiger partial charge < -0.3 is 15.3 Å². The van der Waals surface area contributed by atoms with Crippen LogP contribution in [0.25, 0.3) is 0 Å². The molecule has 1 aromatic carbocycles. The van der Waals surface area contributed by atoms with Crippen LogP contribution in [0.15, 0.2) is 36.4 Å². The second-order valence-electron chi connectivity index (χ2n) is 6.56. The summed E-state index contributed by atoms with van der Waals surface area (Å²) in [6, 6.07) is 6.03. The van der Waals surface area contributed by atoms with Crippen LogP contribution in [0, 0.1) is 11.8 Å². The van der Waals surface area contributed by atoms with Crippen LogP contribution in [0.1, 0.15) is 36.0 Å². The number of nitrogens with zero attached hydrogens (tertiary/aromatic N) is 1. The molecule has 0 saturated carbocycles. The number of hydrogen-bond donors (Lipinski definition) is 2. The van der Waals surface area contributed by atoms with Crippen molar-refractivity contribution in [2.75, 3.05) is 18.4 Å². The fraction of sp³-hybridized carbons (Fsp3) is 0.421. The van der Waals surface area contributed by atoms with E-state index in [0.29, 0.717) is 18.5 Å². The van der Waals surface area contributed by atoms with Gasteiger partial charge in [0.05, 0.1) is 17.4 Å². The van der Waals surface area contributed by atoms with Crippen molar-refractivity contribution in [1.29, 1.82) is 0 Å². The van der Waals surface area contributed by atoms with E-state index in [1.807, 2.05) is 17.1 Å². The van der Waals surface area contributed by atoms with Gasteiger partial charge in [-0.15, -0.1) is 0 Å². The van der Waals surface area contributed by atoms with Crippen LogP contribution in [0.3, 0.4) is 0 Å². The normalized spacial score (nSPS) is 22.6. The van der Waals surface area contributed by atoms with E-state index in [1.165, 1.54) is 12.1 Å². The predicted molar refractivity (Wildman–Crippen MR) is 93.2 cm³/mol. The molecular formula is C19H22N2O4. The molecular weight excluding hydrogens is 320 g/mol. The Hall–Kier alpha value is -2.63. The van der Waals surface area contributed by atoms with E-state index >= 15 is 0 Å². The Morgan fingerprint density at radius 1 is 0.960 bits per heavy atom. The van der Waals surface area contributed by atoms with Gasteiger partial charge in [0.15, 0.2) is 0 Å². The zero-order chi connectivity index (χ0) is 17.8. The first-order valence-corrected chi connectivity index (χ1v) is 8.64. The molecule has 1 fully saturated rings. The predicted octanol–water partition coefficient (Wildman–Crippen LogP) is 2.53. The maximum absolute atomic E-state index is 12.7. The fourth-order valence-corrected chi connectivity index (χ4v) is 3.48. The second kappa shape index (κ2) is 7.51. The molecule has 2 atom stereocenters. The lowest BCUT2D eigenvalue weighted by Crippen LogP contribution is -2.42. The van der Waals surface area contributed by atoms with Crippen molar-refractivity contribution in [1.82, 2.24) is 4.90 Å². The van der Waals surface area contributed by atoms with Crippen molar-refractivity contribution in [3.63, 3.8) is 0 Å². The second-order valence-corrected chi connectivity index (χ2v) is 6.56. The molecule has 1 aromatic rings. The van der Waals surface area contributed by atoms with Gasteiger partial charge in [-0.2, -0.15) is 0 Å². The van der Waals surface area contributed by atoms with E-state index in [2.05, 4.69) is 5.32 Å². The molecule has 1 saturated heterocycles. The summed E-state index contributed by atoms with van der Waals surface area (Å²) in [5.41, 5.74) is 0.706. The van der Waals surface area contributed by atoms with Crippen LogP contribution in [-0.2, 0) is 9.59 Å². The van der Waals surface area contributed by atoms with E-state index in [0.717, 1.165) is 25.9 Å². The minimum absolute atomic E-state index is 0.0724. The van der Waals surface area contributed by atoms with Gasteiger partial charge in [0.25, 0.3) is 0 Å². The largest absolute Gasteiger partial charge is 0.478 e. The van der Waals surface area contributed by atoms with Crippen LogP contribution in [0.5, 0.6) is 0 Å². The highest BCUT2D eigenvalue weighted by Crippen LogP contribution is 2.30. The number of anilines is 1. The summed E-state index contributed by atoms with van der Waals surface area (Å²) in [5.74, 6) is -1.83. The number of carbonyl (C=O) groups excluding carboxylic acids is 2. The molecule has 2 amide bonds. The van der Waals surface area contributed by atoms with Crippen LogP contribution in [0.4, 0.5) is 5.69 Å². The number of hydrogen-bond acceptors (Lipinski definition) is 3. The monoisotopic (exact) mass is 342 g/mol. The number of carbonyl (C=O) groups is 3. The molecule has 3 rings (SSSR count). The molecule has 2 N–H and O–H groups in total. The Morgan fingerprint density at radius 2 is 1.56 bits per heavy atom. The highest BCUT2D eigenvalue weighted by molar-refractivity contribution is 5.97. The molecule has 1 heterocycles. The average Bonchev–Trinajstić information content (AvgIpc) is 3.16. The quantitative estimate of drug-likeness (QED) is 0.823. The van der Waals surface area contributed by atoms with Crippen LogP contribution in [0.2, 0.25) is 0 Å². The van der Waals surface area contributed by atoms with Gasteiger partial charge in [0.1, 0.15) is 0 Å². The number of aromatic carboxylic acids is 1. The van der Waals surface area contributed by atoms with E-state index in [1.54, 1.807) is 12.1 Å². The SMILES string of the molecule is O=C(O)c1ccc(NC(=O)C2CC=CCC2C(=O)N2CCCC2)cc1. The summed E-state index contributed by atoms with van der Waals surface area (Å²) in [7, 11) is 0. The highest BCUT2D eigenvalue weighted by Gasteiger charge is 2.37. The lowest BCUT2D eigenvalue weighted by atomic mass is 9.81.